The number of nitrogens with zero attached hydrogens (tertiary/aromatic N) is 3. The number of hydrogen-bond donors (Lipinski definition) is 1. The van der Waals surface area contributed by atoms with Crippen LogP contribution in [0.3, 0.4) is 0 Å². The van der Waals surface area contributed by atoms with Crippen LogP contribution in [0.15, 0.2) is 33.3 Å². The standard InChI is InChI=1S/C15H19BrN4O.ClH/c1-10(17)12-5-6-20(8-12)9-14-18-15(19-21-14)11-3-2-4-13(16)7-11;/h2-4,7,10,12H,5-6,8-9,17H2,1H3;1H. The van der Waals surface area contributed by atoms with Crippen molar-refractivity contribution in [1.29, 1.82) is 0 Å². The summed E-state index contributed by atoms with van der Waals surface area (Å²) in [4.78, 5) is 6.81. The number of hydrogen-bond acceptors (Lipinski definition) is 5. The Hall–Kier alpha value is -0.950. The second kappa shape index (κ2) is 7.55. The summed E-state index contributed by atoms with van der Waals surface area (Å²) in [6, 6.07) is 8.14. The maximum atomic E-state index is 5.97. The lowest BCUT2D eigenvalue weighted by atomic mass is 10.0. The quantitative estimate of drug-likeness (QED) is 0.873. The zero-order valence-electron chi connectivity index (χ0n) is 12.4. The van der Waals surface area contributed by atoms with Gasteiger partial charge >= 0.3 is 0 Å². The van der Waals surface area contributed by atoms with Gasteiger partial charge in [0.25, 0.3) is 0 Å². The highest BCUT2D eigenvalue weighted by Crippen LogP contribution is 2.23. The first-order valence-electron chi connectivity index (χ1n) is 7.18. The van der Waals surface area contributed by atoms with Gasteiger partial charge in [-0.25, -0.2) is 0 Å². The van der Waals surface area contributed by atoms with Crippen LogP contribution in [0.25, 0.3) is 11.4 Å². The van der Waals surface area contributed by atoms with E-state index in [1.165, 1.54) is 0 Å². The third-order valence-corrected chi connectivity index (χ3v) is 4.46. The van der Waals surface area contributed by atoms with Crippen LogP contribution in [0.5, 0.6) is 0 Å². The van der Waals surface area contributed by atoms with Crippen LogP contribution in [0.4, 0.5) is 0 Å². The Morgan fingerprint density at radius 1 is 1.50 bits per heavy atom. The van der Waals surface area contributed by atoms with Crippen molar-refractivity contribution in [1.82, 2.24) is 15.0 Å². The zero-order valence-corrected chi connectivity index (χ0v) is 14.8. The average molecular weight is 388 g/mol. The van der Waals surface area contributed by atoms with Gasteiger partial charge in [0.05, 0.1) is 6.54 Å². The number of halogens is 2. The molecule has 0 bridgehead atoms. The molecule has 2 N–H and O–H groups in total. The molecule has 0 saturated carbocycles. The predicted octanol–water partition coefficient (Wildman–Crippen LogP) is 3.09. The molecule has 1 aliphatic rings. The van der Waals surface area contributed by atoms with Gasteiger partial charge in [-0.1, -0.05) is 33.2 Å². The lowest BCUT2D eigenvalue weighted by Crippen LogP contribution is -2.29. The highest BCUT2D eigenvalue weighted by Gasteiger charge is 2.26. The molecule has 1 aromatic carbocycles. The first-order chi connectivity index (χ1) is 10.1. The number of aromatic nitrogens is 2. The average Bonchev–Trinajstić information content (AvgIpc) is 3.08. The molecule has 2 aromatic rings. The maximum absolute atomic E-state index is 5.97. The van der Waals surface area contributed by atoms with E-state index in [9.17, 15) is 0 Å². The van der Waals surface area contributed by atoms with E-state index in [4.69, 9.17) is 10.3 Å². The fourth-order valence-electron chi connectivity index (χ4n) is 2.69. The summed E-state index contributed by atoms with van der Waals surface area (Å²) >= 11 is 3.45. The van der Waals surface area contributed by atoms with Gasteiger partial charge in [0.2, 0.25) is 11.7 Å². The summed E-state index contributed by atoms with van der Waals surface area (Å²) in [6.45, 7) is 4.82. The molecule has 1 aromatic heterocycles. The lowest BCUT2D eigenvalue weighted by molar-refractivity contribution is 0.257. The molecular formula is C15H20BrClN4O. The van der Waals surface area contributed by atoms with Crippen molar-refractivity contribution in [2.45, 2.75) is 25.9 Å². The SMILES string of the molecule is CC(N)C1CCN(Cc2nc(-c3cccc(Br)c3)no2)C1.Cl. The number of benzene rings is 1. The largest absolute Gasteiger partial charge is 0.338 e. The van der Waals surface area contributed by atoms with Gasteiger partial charge in [0, 0.05) is 22.6 Å². The Morgan fingerprint density at radius 2 is 2.32 bits per heavy atom. The molecule has 2 atom stereocenters. The topological polar surface area (TPSA) is 68.2 Å². The molecule has 0 amide bonds. The first kappa shape index (κ1) is 17.4. The summed E-state index contributed by atoms with van der Waals surface area (Å²) in [5.74, 6) is 1.86. The van der Waals surface area contributed by atoms with E-state index in [1.54, 1.807) is 0 Å². The van der Waals surface area contributed by atoms with E-state index in [0.29, 0.717) is 24.2 Å². The van der Waals surface area contributed by atoms with Gasteiger partial charge in [0.1, 0.15) is 0 Å². The fourth-order valence-corrected chi connectivity index (χ4v) is 3.09. The zero-order chi connectivity index (χ0) is 14.8. The fraction of sp³-hybridized carbons (Fsp3) is 0.467. The van der Waals surface area contributed by atoms with Crippen LogP contribution in [0.1, 0.15) is 19.2 Å². The third-order valence-electron chi connectivity index (χ3n) is 3.96. The van der Waals surface area contributed by atoms with E-state index in [2.05, 4.69) is 37.9 Å². The summed E-state index contributed by atoms with van der Waals surface area (Å²) in [5, 5.41) is 4.07. The van der Waals surface area contributed by atoms with Crippen molar-refractivity contribution >= 4 is 28.3 Å². The Labute approximate surface area is 144 Å². The van der Waals surface area contributed by atoms with E-state index in [-0.39, 0.29) is 18.4 Å². The first-order valence-corrected chi connectivity index (χ1v) is 7.97. The van der Waals surface area contributed by atoms with Gasteiger partial charge < -0.3 is 10.3 Å². The molecular weight excluding hydrogens is 368 g/mol. The van der Waals surface area contributed by atoms with Crippen molar-refractivity contribution in [2.24, 2.45) is 11.7 Å². The van der Waals surface area contributed by atoms with Crippen LogP contribution >= 0.6 is 28.3 Å². The number of rotatable bonds is 4. The van der Waals surface area contributed by atoms with E-state index < -0.39 is 0 Å². The van der Waals surface area contributed by atoms with E-state index >= 15 is 0 Å². The highest BCUT2D eigenvalue weighted by atomic mass is 79.9. The molecule has 2 unspecified atom stereocenters. The van der Waals surface area contributed by atoms with Crippen LogP contribution in [0.2, 0.25) is 0 Å². The van der Waals surface area contributed by atoms with Gasteiger partial charge in [-0.05, 0) is 37.9 Å². The Balaban J connectivity index is 0.00000176. The second-order valence-corrected chi connectivity index (χ2v) is 6.58. The predicted molar refractivity (Wildman–Crippen MR) is 91.7 cm³/mol. The summed E-state index contributed by atoms with van der Waals surface area (Å²) in [5.41, 5.74) is 6.92. The maximum Gasteiger partial charge on any atom is 0.241 e. The summed E-state index contributed by atoms with van der Waals surface area (Å²) in [6.07, 6.45) is 1.14. The molecule has 2 heterocycles. The molecule has 0 spiro atoms. The Bertz CT molecular complexity index is 619. The minimum absolute atomic E-state index is 0. The van der Waals surface area contributed by atoms with Crippen molar-refractivity contribution < 1.29 is 4.52 Å². The van der Waals surface area contributed by atoms with Crippen LogP contribution in [-0.2, 0) is 6.54 Å². The molecule has 1 fully saturated rings. The van der Waals surface area contributed by atoms with Crippen LogP contribution in [-0.4, -0.2) is 34.2 Å². The second-order valence-electron chi connectivity index (χ2n) is 5.67. The van der Waals surface area contributed by atoms with Gasteiger partial charge in [-0.3, -0.25) is 4.90 Å². The lowest BCUT2D eigenvalue weighted by Gasteiger charge is -2.15. The molecule has 7 heteroatoms. The van der Waals surface area contributed by atoms with Gasteiger partial charge in [-0.2, -0.15) is 4.98 Å². The molecule has 0 radical (unpaired) electrons. The van der Waals surface area contributed by atoms with E-state index in [0.717, 1.165) is 29.5 Å². The summed E-state index contributed by atoms with van der Waals surface area (Å²) < 4.78 is 6.37. The van der Waals surface area contributed by atoms with Gasteiger partial charge in [-0.15, -0.1) is 12.4 Å². The highest BCUT2D eigenvalue weighted by molar-refractivity contribution is 9.10. The van der Waals surface area contributed by atoms with Crippen LogP contribution < -0.4 is 5.73 Å². The Kier molecular flexibility index (Phi) is 5.97. The molecule has 5 nitrogen and oxygen atoms in total. The van der Waals surface area contributed by atoms with Crippen molar-refractivity contribution in [3.63, 3.8) is 0 Å². The smallest absolute Gasteiger partial charge is 0.241 e. The van der Waals surface area contributed by atoms with Crippen molar-refractivity contribution in [3.8, 4) is 11.4 Å². The van der Waals surface area contributed by atoms with E-state index in [1.807, 2.05) is 24.3 Å². The van der Waals surface area contributed by atoms with Crippen molar-refractivity contribution in [3.05, 3.63) is 34.6 Å². The molecule has 1 saturated heterocycles. The monoisotopic (exact) mass is 386 g/mol. The molecule has 22 heavy (non-hydrogen) atoms. The molecule has 120 valence electrons. The molecule has 0 aliphatic carbocycles. The van der Waals surface area contributed by atoms with Crippen LogP contribution in [0, 0.1) is 5.92 Å². The van der Waals surface area contributed by atoms with Gasteiger partial charge in [0.15, 0.2) is 0 Å². The minimum atomic E-state index is 0. The normalized spacial score (nSPS) is 19.9. The Morgan fingerprint density at radius 3 is 3.00 bits per heavy atom. The number of nitrogens with two attached hydrogens (primary N) is 1. The third kappa shape index (κ3) is 4.07. The minimum Gasteiger partial charge on any atom is -0.338 e. The van der Waals surface area contributed by atoms with Crippen molar-refractivity contribution in [2.75, 3.05) is 13.1 Å². The molecule has 3 rings (SSSR count). The summed E-state index contributed by atoms with van der Waals surface area (Å²) in [7, 11) is 0. The number of likely N-dealkylation sites (tertiary alicyclic amines) is 1. The molecule has 1 aliphatic heterocycles.